The Kier molecular flexibility index (Phi) is 15.2. The number of hydrogen-bond acceptors (Lipinski definition) is 3. The summed E-state index contributed by atoms with van der Waals surface area (Å²) in [6.45, 7) is 14.3. The van der Waals surface area contributed by atoms with E-state index >= 15 is 0 Å². The highest BCUT2D eigenvalue weighted by Crippen LogP contribution is 2.10. The van der Waals surface area contributed by atoms with Crippen molar-refractivity contribution in [3.05, 3.63) is 0 Å². The molecule has 0 fully saturated rings. The van der Waals surface area contributed by atoms with Crippen molar-refractivity contribution >= 4 is 6.16 Å². The number of carboxylic acid groups (broad SMARTS) is 1. The van der Waals surface area contributed by atoms with E-state index in [0.29, 0.717) is 0 Å². The molecule has 21 heavy (non-hydrogen) atoms. The van der Waals surface area contributed by atoms with E-state index in [-0.39, 0.29) is 6.10 Å². The average Bonchev–Trinajstić information content (AvgIpc) is 2.40. The zero-order chi connectivity index (χ0) is 16.7. The Morgan fingerprint density at radius 3 is 1.43 bits per heavy atom. The predicted octanol–water partition coefficient (Wildman–Crippen LogP) is 3.59. The molecule has 4 nitrogen and oxygen atoms in total. The molecule has 0 heterocycles. The third-order valence-corrected chi connectivity index (χ3v) is 3.49. The molecule has 0 amide bonds. The molecule has 0 aromatic carbocycles. The highest BCUT2D eigenvalue weighted by molar-refractivity contribution is 5.54. The summed E-state index contributed by atoms with van der Waals surface area (Å²) in [5, 5.41) is 9.48. The van der Waals surface area contributed by atoms with Crippen LogP contribution in [0, 0.1) is 0 Å². The third-order valence-electron chi connectivity index (χ3n) is 3.49. The number of hydrogen-bond donors (Lipinski definition) is 0. The normalized spacial score (nSPS) is 11.0. The van der Waals surface area contributed by atoms with Crippen molar-refractivity contribution in [2.75, 3.05) is 26.7 Å². The molecule has 0 saturated carbocycles. The second kappa shape index (κ2) is 14.2. The molecule has 0 saturated heterocycles. The largest absolute Gasteiger partial charge is 0.547 e. The van der Waals surface area contributed by atoms with E-state index in [4.69, 9.17) is 0 Å². The van der Waals surface area contributed by atoms with E-state index in [1.165, 1.54) is 62.6 Å². The van der Waals surface area contributed by atoms with Gasteiger partial charge in [0.1, 0.15) is 0 Å². The summed E-state index contributed by atoms with van der Waals surface area (Å²) in [6.07, 6.45) is 6.45. The first-order chi connectivity index (χ1) is 9.81. The molecule has 0 N–H and O–H groups in total. The summed E-state index contributed by atoms with van der Waals surface area (Å²) in [7, 11) is 2.45. The molecule has 0 atom stereocenters. The summed E-state index contributed by atoms with van der Waals surface area (Å²) in [4.78, 5) is 9.48. The second-order valence-electron chi connectivity index (χ2n) is 6.27. The van der Waals surface area contributed by atoms with Gasteiger partial charge >= 0.3 is 0 Å². The van der Waals surface area contributed by atoms with Gasteiger partial charge in [0.05, 0.1) is 26.7 Å². The number of rotatable bonds is 10. The van der Waals surface area contributed by atoms with Crippen molar-refractivity contribution in [2.24, 2.45) is 0 Å². The maximum Gasteiger partial charge on any atom is 0.252 e. The molecule has 0 aliphatic carbocycles. The first kappa shape index (κ1) is 22.5. The molecule has 0 bridgehead atoms. The fraction of sp³-hybridized carbons (Fsp3) is 0.941. The number of ether oxygens (including phenoxy) is 1. The summed E-state index contributed by atoms with van der Waals surface area (Å²) in [5.41, 5.74) is 0. The lowest BCUT2D eigenvalue weighted by molar-refractivity contribution is -0.910. The Balaban J connectivity index is 0. The van der Waals surface area contributed by atoms with Gasteiger partial charge in [0, 0.05) is 6.10 Å². The monoisotopic (exact) mass is 303 g/mol. The van der Waals surface area contributed by atoms with Crippen LogP contribution >= 0.6 is 0 Å². The predicted molar refractivity (Wildman–Crippen MR) is 87.1 cm³/mol. The van der Waals surface area contributed by atoms with Crippen LogP contribution in [0.25, 0.3) is 0 Å². The van der Waals surface area contributed by atoms with Crippen LogP contribution < -0.4 is 5.11 Å². The zero-order valence-electron chi connectivity index (χ0n) is 15.1. The molecule has 0 unspecified atom stereocenters. The maximum atomic E-state index is 9.48. The van der Waals surface area contributed by atoms with Gasteiger partial charge in [-0.1, -0.05) is 40.0 Å². The van der Waals surface area contributed by atoms with Crippen molar-refractivity contribution < 1.29 is 19.1 Å². The number of quaternary nitrogens is 1. The molecule has 0 spiro atoms. The molecule has 128 valence electrons. The molecule has 0 radical (unpaired) electrons. The quantitative estimate of drug-likeness (QED) is 0.458. The van der Waals surface area contributed by atoms with Crippen LogP contribution in [0.1, 0.15) is 73.1 Å². The average molecular weight is 303 g/mol. The minimum atomic E-state index is -1.46. The highest BCUT2D eigenvalue weighted by atomic mass is 16.7. The van der Waals surface area contributed by atoms with Gasteiger partial charge < -0.3 is 19.1 Å². The Hall–Kier alpha value is -0.770. The lowest BCUT2D eigenvalue weighted by Gasteiger charge is -2.34. The molecule has 0 aromatic heterocycles. The van der Waals surface area contributed by atoms with Crippen LogP contribution in [0.2, 0.25) is 0 Å². The molecular weight excluding hydrogens is 266 g/mol. The second-order valence-corrected chi connectivity index (χ2v) is 6.27. The van der Waals surface area contributed by atoms with Gasteiger partial charge in [0.25, 0.3) is 6.16 Å². The highest BCUT2D eigenvalue weighted by Gasteiger charge is 2.18. The summed E-state index contributed by atoms with van der Waals surface area (Å²) >= 11 is 0. The van der Waals surface area contributed by atoms with Gasteiger partial charge in [-0.3, -0.25) is 0 Å². The number of carbonyl (C=O) groups excluding carboxylic acids is 1. The minimum Gasteiger partial charge on any atom is -0.547 e. The molecule has 4 heteroatoms. The number of unbranched alkanes of at least 4 members (excludes halogenated alkanes) is 3. The fourth-order valence-corrected chi connectivity index (χ4v) is 2.15. The Morgan fingerprint density at radius 1 is 0.952 bits per heavy atom. The van der Waals surface area contributed by atoms with Crippen LogP contribution in [0.15, 0.2) is 0 Å². The van der Waals surface area contributed by atoms with Crippen LogP contribution in [-0.2, 0) is 4.74 Å². The van der Waals surface area contributed by atoms with Crippen LogP contribution in [0.5, 0.6) is 0 Å². The maximum absolute atomic E-state index is 9.48. The van der Waals surface area contributed by atoms with Gasteiger partial charge in [-0.2, -0.15) is 0 Å². The number of carbonyl (C=O) groups is 1. The Labute approximate surface area is 132 Å². The van der Waals surface area contributed by atoms with Crippen molar-refractivity contribution in [3.63, 3.8) is 0 Å². The van der Waals surface area contributed by atoms with Crippen LogP contribution in [0.4, 0.5) is 4.79 Å². The third kappa shape index (κ3) is 17.2. The first-order valence-electron chi connectivity index (χ1n) is 8.52. The SMILES string of the molecule is CC(C)OC(=O)[O-].CCCC[N+](C)(CCCC)CCCC. The lowest BCUT2D eigenvalue weighted by Crippen LogP contribution is -2.46. The van der Waals surface area contributed by atoms with Crippen LogP contribution in [0.3, 0.4) is 0 Å². The topological polar surface area (TPSA) is 49.4 Å². The summed E-state index contributed by atoms with van der Waals surface area (Å²) in [6, 6.07) is 0. The van der Waals surface area contributed by atoms with Gasteiger partial charge in [0.15, 0.2) is 0 Å². The Bertz CT molecular complexity index is 220. The van der Waals surface area contributed by atoms with Gasteiger partial charge in [-0.05, 0) is 33.1 Å². The van der Waals surface area contributed by atoms with Crippen molar-refractivity contribution in [1.82, 2.24) is 0 Å². The van der Waals surface area contributed by atoms with Gasteiger partial charge in [-0.15, -0.1) is 0 Å². The smallest absolute Gasteiger partial charge is 0.252 e. The van der Waals surface area contributed by atoms with Gasteiger partial charge in [0.2, 0.25) is 0 Å². The van der Waals surface area contributed by atoms with Crippen molar-refractivity contribution in [1.29, 1.82) is 0 Å². The minimum absolute atomic E-state index is 0.287. The van der Waals surface area contributed by atoms with Crippen molar-refractivity contribution in [2.45, 2.75) is 79.2 Å². The van der Waals surface area contributed by atoms with Gasteiger partial charge in [-0.25, -0.2) is 0 Å². The van der Waals surface area contributed by atoms with E-state index in [2.05, 4.69) is 32.6 Å². The lowest BCUT2D eigenvalue weighted by atomic mass is 10.2. The zero-order valence-corrected chi connectivity index (χ0v) is 15.1. The van der Waals surface area contributed by atoms with E-state index in [1.807, 2.05) is 0 Å². The summed E-state index contributed by atoms with van der Waals surface area (Å²) < 4.78 is 5.37. The number of nitrogens with zero attached hydrogens (tertiary/aromatic N) is 1. The molecular formula is C17H37NO3. The van der Waals surface area contributed by atoms with E-state index < -0.39 is 6.16 Å². The fourth-order valence-electron chi connectivity index (χ4n) is 2.15. The van der Waals surface area contributed by atoms with Crippen LogP contribution in [-0.4, -0.2) is 43.4 Å². The molecule has 0 aliphatic heterocycles. The van der Waals surface area contributed by atoms with Crippen molar-refractivity contribution in [3.8, 4) is 0 Å². The van der Waals surface area contributed by atoms with E-state index in [1.54, 1.807) is 13.8 Å². The molecule has 0 aliphatic rings. The van der Waals surface area contributed by atoms with E-state index in [0.717, 1.165) is 0 Å². The Morgan fingerprint density at radius 2 is 1.29 bits per heavy atom. The standard InChI is InChI=1S/C13H30N.C4H8O3/c1-5-8-11-14(4,12-9-6-2)13-10-7-3;1-3(2)7-4(5)6/h5-13H2,1-4H3;3H,1-2H3,(H,5,6)/q+1;/p-1. The summed E-state index contributed by atoms with van der Waals surface area (Å²) in [5.74, 6) is 0. The molecule has 0 aromatic rings. The molecule has 0 rings (SSSR count). The first-order valence-corrected chi connectivity index (χ1v) is 8.52. The van der Waals surface area contributed by atoms with E-state index in [9.17, 15) is 9.90 Å².